The largest absolute Gasteiger partial charge is 0.487 e. The molecule has 2 rings (SSSR count). The molecule has 1 heterocycles. The van der Waals surface area contributed by atoms with Crippen LogP contribution < -0.4 is 10.1 Å². The highest BCUT2D eigenvalue weighted by Crippen LogP contribution is 2.29. The highest BCUT2D eigenvalue weighted by atomic mass is 16.6. The lowest BCUT2D eigenvalue weighted by atomic mass is 9.86. The number of nitro groups is 1. The number of hydrogen-bond donors (Lipinski definition) is 2. The molecule has 0 radical (unpaired) electrons. The Kier molecular flexibility index (Phi) is 5.92. The number of benzene rings is 1. The van der Waals surface area contributed by atoms with E-state index in [0.29, 0.717) is 26.1 Å². The Morgan fingerprint density at radius 1 is 1.40 bits per heavy atom. The van der Waals surface area contributed by atoms with Gasteiger partial charge < -0.3 is 19.9 Å². The number of ether oxygens (including phenoxy) is 2. The van der Waals surface area contributed by atoms with E-state index < -0.39 is 22.3 Å². The SMILES string of the molecule is CCOc1ccc(C(=O)NC2(CC(=O)O)CCOCC2)cc1[N+](=O)[O-]. The molecule has 0 bridgehead atoms. The molecule has 1 aliphatic rings. The second kappa shape index (κ2) is 7.93. The van der Waals surface area contributed by atoms with Gasteiger partial charge in [-0.05, 0) is 31.9 Å². The van der Waals surface area contributed by atoms with Crippen LogP contribution in [0.2, 0.25) is 0 Å². The van der Waals surface area contributed by atoms with Crippen molar-refractivity contribution in [2.75, 3.05) is 19.8 Å². The maximum absolute atomic E-state index is 12.5. The standard InChI is InChI=1S/C16H20N2O7/c1-2-25-13-4-3-11(9-12(13)18(22)23)15(21)17-16(10-14(19)20)5-7-24-8-6-16/h3-4,9H,2,5-8,10H2,1H3,(H,17,21)(H,19,20). The van der Waals surface area contributed by atoms with Gasteiger partial charge in [0.2, 0.25) is 0 Å². The number of nitrogens with one attached hydrogen (secondary N) is 1. The topological polar surface area (TPSA) is 128 Å². The van der Waals surface area contributed by atoms with E-state index in [1.165, 1.54) is 12.1 Å². The molecule has 0 aliphatic carbocycles. The molecule has 0 atom stereocenters. The molecule has 0 saturated carbocycles. The number of amides is 1. The van der Waals surface area contributed by atoms with Crippen LogP contribution in [0.4, 0.5) is 5.69 Å². The summed E-state index contributed by atoms with van der Waals surface area (Å²) in [5.41, 5.74) is -1.16. The first-order valence-electron chi connectivity index (χ1n) is 7.90. The third-order valence-corrected chi connectivity index (χ3v) is 4.04. The van der Waals surface area contributed by atoms with Crippen LogP contribution in [0.1, 0.15) is 36.5 Å². The molecular weight excluding hydrogens is 332 g/mol. The molecule has 1 saturated heterocycles. The molecular formula is C16H20N2O7. The lowest BCUT2D eigenvalue weighted by Gasteiger charge is -2.36. The smallest absolute Gasteiger partial charge is 0.311 e. The summed E-state index contributed by atoms with van der Waals surface area (Å²) in [7, 11) is 0. The monoisotopic (exact) mass is 352 g/mol. The van der Waals surface area contributed by atoms with Gasteiger partial charge in [0, 0.05) is 24.8 Å². The zero-order valence-electron chi connectivity index (χ0n) is 13.8. The molecule has 25 heavy (non-hydrogen) atoms. The van der Waals surface area contributed by atoms with Crippen molar-refractivity contribution in [1.29, 1.82) is 0 Å². The summed E-state index contributed by atoms with van der Waals surface area (Å²) >= 11 is 0. The molecule has 0 aromatic heterocycles. The minimum Gasteiger partial charge on any atom is -0.487 e. The van der Waals surface area contributed by atoms with Crippen LogP contribution in [0.3, 0.4) is 0 Å². The van der Waals surface area contributed by atoms with Crippen LogP contribution in [-0.2, 0) is 9.53 Å². The quantitative estimate of drug-likeness (QED) is 0.565. The molecule has 1 fully saturated rings. The molecule has 1 aliphatic heterocycles. The Balaban J connectivity index is 2.25. The maximum Gasteiger partial charge on any atom is 0.311 e. The van der Waals surface area contributed by atoms with Gasteiger partial charge in [0.15, 0.2) is 5.75 Å². The number of aliphatic carboxylic acids is 1. The first-order valence-corrected chi connectivity index (χ1v) is 7.90. The fourth-order valence-corrected chi connectivity index (χ4v) is 2.79. The van der Waals surface area contributed by atoms with Crippen molar-refractivity contribution in [3.05, 3.63) is 33.9 Å². The summed E-state index contributed by atoms with van der Waals surface area (Å²) in [6, 6.07) is 3.92. The van der Waals surface area contributed by atoms with Crippen molar-refractivity contribution in [3.63, 3.8) is 0 Å². The zero-order valence-corrected chi connectivity index (χ0v) is 13.8. The number of nitrogens with zero attached hydrogens (tertiary/aromatic N) is 1. The average Bonchev–Trinajstić information content (AvgIpc) is 2.55. The van der Waals surface area contributed by atoms with Gasteiger partial charge in [0.1, 0.15) is 0 Å². The molecule has 1 aromatic rings. The number of nitro benzene ring substituents is 1. The van der Waals surface area contributed by atoms with E-state index in [2.05, 4.69) is 5.32 Å². The summed E-state index contributed by atoms with van der Waals surface area (Å²) in [6.07, 6.45) is 0.496. The minimum absolute atomic E-state index is 0.0754. The van der Waals surface area contributed by atoms with Crippen LogP contribution in [0.15, 0.2) is 18.2 Å². The number of rotatable bonds is 7. The van der Waals surface area contributed by atoms with Crippen molar-refractivity contribution in [2.45, 2.75) is 31.7 Å². The zero-order chi connectivity index (χ0) is 18.4. The van der Waals surface area contributed by atoms with Crippen LogP contribution in [0.5, 0.6) is 5.75 Å². The molecule has 1 aromatic carbocycles. The first-order chi connectivity index (χ1) is 11.9. The Hall–Kier alpha value is -2.68. The fourth-order valence-electron chi connectivity index (χ4n) is 2.79. The van der Waals surface area contributed by atoms with Crippen LogP contribution in [-0.4, -0.2) is 47.3 Å². The number of carbonyl (C=O) groups is 2. The summed E-state index contributed by atoms with van der Waals surface area (Å²) in [5.74, 6) is -1.51. The predicted molar refractivity (Wildman–Crippen MR) is 86.8 cm³/mol. The van der Waals surface area contributed by atoms with E-state index in [-0.39, 0.29) is 30.0 Å². The third kappa shape index (κ3) is 4.66. The molecule has 2 N–H and O–H groups in total. The van der Waals surface area contributed by atoms with E-state index in [1.54, 1.807) is 6.92 Å². The number of hydrogen-bond acceptors (Lipinski definition) is 6. The maximum atomic E-state index is 12.5. The summed E-state index contributed by atoms with van der Waals surface area (Å²) < 4.78 is 10.4. The van der Waals surface area contributed by atoms with E-state index in [0.717, 1.165) is 6.07 Å². The van der Waals surface area contributed by atoms with Crippen molar-refractivity contribution in [1.82, 2.24) is 5.32 Å². The fraction of sp³-hybridized carbons (Fsp3) is 0.500. The van der Waals surface area contributed by atoms with Gasteiger partial charge >= 0.3 is 11.7 Å². The van der Waals surface area contributed by atoms with Gasteiger partial charge in [-0.25, -0.2) is 0 Å². The predicted octanol–water partition coefficient (Wildman–Crippen LogP) is 1.75. The Bertz CT molecular complexity index is 668. The van der Waals surface area contributed by atoms with Gasteiger partial charge in [0.05, 0.1) is 23.5 Å². The molecule has 0 spiro atoms. The number of carboxylic acids is 1. The number of carboxylic acid groups (broad SMARTS) is 1. The Morgan fingerprint density at radius 2 is 2.08 bits per heavy atom. The lowest BCUT2D eigenvalue weighted by Crippen LogP contribution is -2.53. The van der Waals surface area contributed by atoms with E-state index in [9.17, 15) is 19.7 Å². The van der Waals surface area contributed by atoms with Crippen LogP contribution >= 0.6 is 0 Å². The second-order valence-corrected chi connectivity index (χ2v) is 5.79. The van der Waals surface area contributed by atoms with Crippen molar-refractivity contribution in [2.24, 2.45) is 0 Å². The second-order valence-electron chi connectivity index (χ2n) is 5.79. The van der Waals surface area contributed by atoms with Gasteiger partial charge in [-0.3, -0.25) is 19.7 Å². The highest BCUT2D eigenvalue weighted by Gasteiger charge is 2.37. The first kappa shape index (κ1) is 18.7. The van der Waals surface area contributed by atoms with E-state index in [4.69, 9.17) is 14.6 Å². The van der Waals surface area contributed by atoms with Crippen LogP contribution in [0, 0.1) is 10.1 Å². The average molecular weight is 352 g/mol. The molecule has 9 heteroatoms. The van der Waals surface area contributed by atoms with Crippen molar-refractivity contribution < 1.29 is 29.1 Å². The van der Waals surface area contributed by atoms with Crippen LogP contribution in [0.25, 0.3) is 0 Å². The van der Waals surface area contributed by atoms with Crippen molar-refractivity contribution >= 4 is 17.6 Å². The Morgan fingerprint density at radius 3 is 2.64 bits per heavy atom. The van der Waals surface area contributed by atoms with Crippen molar-refractivity contribution in [3.8, 4) is 5.75 Å². The minimum atomic E-state index is -1.03. The third-order valence-electron chi connectivity index (χ3n) is 4.04. The lowest BCUT2D eigenvalue weighted by molar-refractivity contribution is -0.385. The highest BCUT2D eigenvalue weighted by molar-refractivity contribution is 5.96. The Labute approximate surface area is 144 Å². The van der Waals surface area contributed by atoms with Gasteiger partial charge in [-0.1, -0.05) is 0 Å². The molecule has 9 nitrogen and oxygen atoms in total. The summed E-state index contributed by atoms with van der Waals surface area (Å²) in [4.78, 5) is 34.2. The van der Waals surface area contributed by atoms with Gasteiger partial charge in [-0.15, -0.1) is 0 Å². The summed E-state index contributed by atoms with van der Waals surface area (Å²) in [6.45, 7) is 2.65. The summed E-state index contributed by atoms with van der Waals surface area (Å²) in [5, 5.41) is 23.0. The van der Waals surface area contributed by atoms with E-state index in [1.807, 2.05) is 0 Å². The number of carbonyl (C=O) groups excluding carboxylic acids is 1. The molecule has 1 amide bonds. The van der Waals surface area contributed by atoms with E-state index >= 15 is 0 Å². The van der Waals surface area contributed by atoms with Gasteiger partial charge in [-0.2, -0.15) is 0 Å². The van der Waals surface area contributed by atoms with Gasteiger partial charge in [0.25, 0.3) is 5.91 Å². The molecule has 0 unspecified atom stereocenters. The molecule has 136 valence electrons. The normalized spacial score (nSPS) is 16.0.